The lowest BCUT2D eigenvalue weighted by atomic mass is 10.0. The summed E-state index contributed by atoms with van der Waals surface area (Å²) in [6.45, 7) is 0. The first-order valence-electron chi connectivity index (χ1n) is 6.29. The summed E-state index contributed by atoms with van der Waals surface area (Å²) in [4.78, 5) is 4.79. The summed E-state index contributed by atoms with van der Waals surface area (Å²) in [6.07, 6.45) is 0. The Morgan fingerprint density at radius 2 is 1.53 bits per heavy atom. The van der Waals surface area contributed by atoms with Gasteiger partial charge in [-0.2, -0.15) is 0 Å². The van der Waals surface area contributed by atoms with Crippen LogP contribution in [0.5, 0.6) is 0 Å². The van der Waals surface area contributed by atoms with Crippen LogP contribution in [0.25, 0.3) is 32.6 Å². The van der Waals surface area contributed by atoms with Crippen molar-refractivity contribution in [3.8, 4) is 0 Å². The summed E-state index contributed by atoms with van der Waals surface area (Å²) in [7, 11) is 0. The minimum Gasteiger partial charge on any atom is -0.399 e. The molecule has 0 aliphatic heterocycles. The van der Waals surface area contributed by atoms with E-state index in [1.54, 1.807) is 0 Å². The molecule has 0 saturated carbocycles. The molecule has 2 heteroatoms. The van der Waals surface area contributed by atoms with Crippen molar-refractivity contribution in [2.75, 3.05) is 5.73 Å². The predicted octanol–water partition coefficient (Wildman–Crippen LogP) is 4.12. The molecule has 2 N–H and O–H groups in total. The van der Waals surface area contributed by atoms with Crippen molar-refractivity contribution >= 4 is 38.3 Å². The molecule has 0 radical (unpaired) electrons. The lowest BCUT2D eigenvalue weighted by molar-refractivity contribution is 1.51. The van der Waals surface area contributed by atoms with Crippen LogP contribution in [0.3, 0.4) is 0 Å². The summed E-state index contributed by atoms with van der Waals surface area (Å²) < 4.78 is 0. The molecule has 19 heavy (non-hydrogen) atoms. The van der Waals surface area contributed by atoms with Crippen molar-refractivity contribution in [2.45, 2.75) is 0 Å². The van der Waals surface area contributed by atoms with Gasteiger partial charge >= 0.3 is 0 Å². The van der Waals surface area contributed by atoms with Gasteiger partial charge in [-0.15, -0.1) is 0 Å². The summed E-state index contributed by atoms with van der Waals surface area (Å²) in [5, 5.41) is 4.68. The Bertz CT molecular complexity index is 926. The number of hydrogen-bond acceptors (Lipinski definition) is 2. The minimum atomic E-state index is 0.750. The van der Waals surface area contributed by atoms with Crippen molar-refractivity contribution in [1.29, 1.82) is 0 Å². The fourth-order valence-electron chi connectivity index (χ4n) is 2.58. The molecule has 0 fully saturated rings. The zero-order valence-corrected chi connectivity index (χ0v) is 10.3. The van der Waals surface area contributed by atoms with E-state index in [4.69, 9.17) is 10.7 Å². The van der Waals surface area contributed by atoms with E-state index < -0.39 is 0 Å². The molecular weight excluding hydrogens is 232 g/mol. The van der Waals surface area contributed by atoms with Crippen LogP contribution in [0.2, 0.25) is 0 Å². The number of anilines is 1. The molecule has 0 unspecified atom stereocenters. The molecule has 4 aromatic rings. The van der Waals surface area contributed by atoms with Crippen LogP contribution < -0.4 is 5.73 Å². The number of hydrogen-bond donors (Lipinski definition) is 1. The van der Waals surface area contributed by atoms with Gasteiger partial charge in [0, 0.05) is 21.8 Å². The van der Waals surface area contributed by atoms with Crippen LogP contribution in [0.15, 0.2) is 60.7 Å². The van der Waals surface area contributed by atoms with Gasteiger partial charge in [0.25, 0.3) is 0 Å². The highest BCUT2D eigenvalue weighted by Gasteiger charge is 2.04. The van der Waals surface area contributed by atoms with Gasteiger partial charge in [0.1, 0.15) is 0 Å². The molecule has 0 aliphatic carbocycles. The van der Waals surface area contributed by atoms with Gasteiger partial charge in [-0.1, -0.05) is 42.5 Å². The van der Waals surface area contributed by atoms with E-state index in [1.807, 2.05) is 30.3 Å². The average Bonchev–Trinajstić information content (AvgIpc) is 2.45. The quantitative estimate of drug-likeness (QED) is 0.287. The maximum Gasteiger partial charge on any atom is 0.0788 e. The van der Waals surface area contributed by atoms with Gasteiger partial charge in [-0.25, -0.2) is 4.98 Å². The maximum absolute atomic E-state index is 5.84. The average molecular weight is 244 g/mol. The number of aromatic nitrogens is 1. The standard InChI is InChI=1S/C17H12N2/c18-14-8-7-12-9-13-6-5-11-3-1-2-4-15(11)17(13)19-16(12)10-14/h1-10H,18H2. The SMILES string of the molecule is Nc1ccc2cc3ccc4ccccc4c3nc2c1. The van der Waals surface area contributed by atoms with E-state index in [-0.39, 0.29) is 0 Å². The molecule has 0 saturated heterocycles. The monoisotopic (exact) mass is 244 g/mol. The zero-order chi connectivity index (χ0) is 12.8. The second kappa shape index (κ2) is 3.69. The molecule has 3 aromatic carbocycles. The highest BCUT2D eigenvalue weighted by atomic mass is 14.7. The summed E-state index contributed by atoms with van der Waals surface area (Å²) >= 11 is 0. The van der Waals surface area contributed by atoms with Gasteiger partial charge in [-0.05, 0) is 23.6 Å². The lowest BCUT2D eigenvalue weighted by Crippen LogP contribution is -1.88. The van der Waals surface area contributed by atoms with Crippen LogP contribution >= 0.6 is 0 Å². The van der Waals surface area contributed by atoms with Crippen LogP contribution in [-0.4, -0.2) is 4.98 Å². The Morgan fingerprint density at radius 3 is 2.47 bits per heavy atom. The van der Waals surface area contributed by atoms with E-state index in [0.29, 0.717) is 0 Å². The highest BCUT2D eigenvalue weighted by Crippen LogP contribution is 2.27. The summed E-state index contributed by atoms with van der Waals surface area (Å²) in [5.74, 6) is 0. The Balaban J connectivity index is 2.23. The first-order chi connectivity index (χ1) is 9.31. The molecule has 0 amide bonds. The van der Waals surface area contributed by atoms with Crippen molar-refractivity contribution < 1.29 is 0 Å². The predicted molar refractivity (Wildman–Crippen MR) is 81.2 cm³/mol. The molecule has 0 spiro atoms. The van der Waals surface area contributed by atoms with Crippen LogP contribution in [0, 0.1) is 0 Å². The number of rotatable bonds is 0. The smallest absolute Gasteiger partial charge is 0.0788 e. The first kappa shape index (κ1) is 10.3. The van der Waals surface area contributed by atoms with E-state index in [2.05, 4.69) is 30.3 Å². The molecule has 90 valence electrons. The van der Waals surface area contributed by atoms with Gasteiger partial charge in [0.2, 0.25) is 0 Å². The van der Waals surface area contributed by atoms with Crippen LogP contribution in [0.4, 0.5) is 5.69 Å². The molecule has 1 heterocycles. The fourth-order valence-corrected chi connectivity index (χ4v) is 2.58. The summed E-state index contributed by atoms with van der Waals surface area (Å²) in [5.41, 5.74) is 8.58. The third kappa shape index (κ3) is 1.54. The number of fused-ring (bicyclic) bond motifs is 4. The molecule has 1 aromatic heterocycles. The van der Waals surface area contributed by atoms with Gasteiger partial charge in [-0.3, -0.25) is 0 Å². The van der Waals surface area contributed by atoms with Gasteiger partial charge in [0.15, 0.2) is 0 Å². The van der Waals surface area contributed by atoms with Crippen molar-refractivity contribution in [1.82, 2.24) is 4.98 Å². The zero-order valence-electron chi connectivity index (χ0n) is 10.3. The Morgan fingerprint density at radius 1 is 0.737 bits per heavy atom. The minimum absolute atomic E-state index is 0.750. The highest BCUT2D eigenvalue weighted by molar-refractivity contribution is 6.08. The molecule has 0 atom stereocenters. The molecule has 4 rings (SSSR count). The fraction of sp³-hybridized carbons (Fsp3) is 0. The second-order valence-electron chi connectivity index (χ2n) is 4.80. The second-order valence-corrected chi connectivity index (χ2v) is 4.80. The number of nitrogens with zero attached hydrogens (tertiary/aromatic N) is 1. The summed E-state index contributed by atoms with van der Waals surface area (Å²) in [6, 6.07) is 20.6. The van der Waals surface area contributed by atoms with E-state index in [9.17, 15) is 0 Å². The Labute approximate surface area is 110 Å². The largest absolute Gasteiger partial charge is 0.399 e. The topological polar surface area (TPSA) is 38.9 Å². The normalized spacial score (nSPS) is 11.4. The van der Waals surface area contributed by atoms with Gasteiger partial charge < -0.3 is 5.73 Å². The third-order valence-electron chi connectivity index (χ3n) is 3.53. The van der Waals surface area contributed by atoms with Gasteiger partial charge in [0.05, 0.1) is 11.0 Å². The van der Waals surface area contributed by atoms with Crippen LogP contribution in [0.1, 0.15) is 0 Å². The number of nitrogen functional groups attached to an aromatic ring is 1. The van der Waals surface area contributed by atoms with Crippen LogP contribution in [-0.2, 0) is 0 Å². The van der Waals surface area contributed by atoms with E-state index in [0.717, 1.165) is 27.5 Å². The Hall–Kier alpha value is -2.61. The van der Waals surface area contributed by atoms with Crippen molar-refractivity contribution in [2.24, 2.45) is 0 Å². The molecular formula is C17H12N2. The van der Waals surface area contributed by atoms with E-state index in [1.165, 1.54) is 10.8 Å². The molecule has 2 nitrogen and oxygen atoms in total. The molecule has 0 aliphatic rings. The van der Waals surface area contributed by atoms with Crippen molar-refractivity contribution in [3.05, 3.63) is 60.7 Å². The maximum atomic E-state index is 5.84. The van der Waals surface area contributed by atoms with Crippen molar-refractivity contribution in [3.63, 3.8) is 0 Å². The first-order valence-corrected chi connectivity index (χ1v) is 6.29. The lowest BCUT2D eigenvalue weighted by Gasteiger charge is -2.06. The van der Waals surface area contributed by atoms with E-state index >= 15 is 0 Å². The Kier molecular flexibility index (Phi) is 2.00. The molecule has 0 bridgehead atoms. The number of pyridine rings is 1. The number of benzene rings is 3. The number of nitrogens with two attached hydrogens (primary N) is 1. The third-order valence-corrected chi connectivity index (χ3v) is 3.53.